The Balaban J connectivity index is 2.37. The molecule has 5 nitrogen and oxygen atoms in total. The van der Waals surface area contributed by atoms with E-state index < -0.39 is 17.1 Å². The predicted octanol–water partition coefficient (Wildman–Crippen LogP) is 1.45. The number of carbonyl (C=O) groups is 2. The monoisotopic (exact) mass is 305 g/mol. The van der Waals surface area contributed by atoms with Gasteiger partial charge in [0.15, 0.2) is 0 Å². The SMILES string of the molecule is CCOC(=O)C1(NC(C)=O)Cc2ccc(C(C)(C)O)cc2C1. The topological polar surface area (TPSA) is 75.6 Å². The van der Waals surface area contributed by atoms with Gasteiger partial charge in [0.25, 0.3) is 0 Å². The molecule has 22 heavy (non-hydrogen) atoms. The van der Waals surface area contributed by atoms with Crippen molar-refractivity contribution in [1.29, 1.82) is 0 Å². The minimum Gasteiger partial charge on any atom is -0.464 e. The molecule has 0 saturated heterocycles. The Kier molecular flexibility index (Phi) is 4.29. The van der Waals surface area contributed by atoms with Crippen molar-refractivity contribution >= 4 is 11.9 Å². The highest BCUT2D eigenvalue weighted by atomic mass is 16.5. The molecule has 1 aliphatic carbocycles. The molecular formula is C17H23NO4. The van der Waals surface area contributed by atoms with Crippen molar-refractivity contribution in [2.75, 3.05) is 6.61 Å². The Labute approximate surface area is 130 Å². The zero-order chi connectivity index (χ0) is 16.5. The van der Waals surface area contributed by atoms with Crippen LogP contribution in [-0.4, -0.2) is 29.1 Å². The van der Waals surface area contributed by atoms with Crippen LogP contribution in [0.4, 0.5) is 0 Å². The number of carbonyl (C=O) groups excluding carboxylic acids is 2. The fraction of sp³-hybridized carbons (Fsp3) is 0.529. The van der Waals surface area contributed by atoms with Gasteiger partial charge >= 0.3 is 5.97 Å². The summed E-state index contributed by atoms with van der Waals surface area (Å²) < 4.78 is 5.16. The fourth-order valence-electron chi connectivity index (χ4n) is 2.95. The average Bonchev–Trinajstić information content (AvgIpc) is 2.75. The van der Waals surface area contributed by atoms with E-state index in [0.717, 1.165) is 16.7 Å². The number of rotatable bonds is 4. The number of fused-ring (bicyclic) bond motifs is 1. The van der Waals surface area contributed by atoms with E-state index in [-0.39, 0.29) is 12.5 Å². The van der Waals surface area contributed by atoms with Crippen molar-refractivity contribution in [2.45, 2.75) is 51.7 Å². The van der Waals surface area contributed by atoms with Crippen molar-refractivity contribution in [1.82, 2.24) is 5.32 Å². The molecule has 0 aliphatic heterocycles. The van der Waals surface area contributed by atoms with E-state index in [9.17, 15) is 14.7 Å². The zero-order valence-corrected chi connectivity index (χ0v) is 13.5. The Morgan fingerprint density at radius 3 is 2.50 bits per heavy atom. The highest BCUT2D eigenvalue weighted by molar-refractivity contribution is 5.89. The molecule has 0 saturated carbocycles. The summed E-state index contributed by atoms with van der Waals surface area (Å²) in [5.41, 5.74) is 0.755. The lowest BCUT2D eigenvalue weighted by Crippen LogP contribution is -2.55. The van der Waals surface area contributed by atoms with Gasteiger partial charge in [-0.3, -0.25) is 4.79 Å². The van der Waals surface area contributed by atoms with Crippen LogP contribution in [0, 0.1) is 0 Å². The summed E-state index contributed by atoms with van der Waals surface area (Å²) in [5.74, 6) is -0.672. The van der Waals surface area contributed by atoms with E-state index >= 15 is 0 Å². The van der Waals surface area contributed by atoms with E-state index in [1.807, 2.05) is 18.2 Å². The van der Waals surface area contributed by atoms with Crippen LogP contribution in [0.25, 0.3) is 0 Å². The summed E-state index contributed by atoms with van der Waals surface area (Å²) in [6.45, 7) is 6.84. The highest BCUT2D eigenvalue weighted by Crippen LogP contribution is 2.34. The predicted molar refractivity (Wildman–Crippen MR) is 82.3 cm³/mol. The van der Waals surface area contributed by atoms with Crippen molar-refractivity contribution in [3.8, 4) is 0 Å². The van der Waals surface area contributed by atoms with Gasteiger partial charge < -0.3 is 15.2 Å². The molecule has 1 aliphatic rings. The molecule has 0 radical (unpaired) electrons. The molecule has 1 amide bonds. The van der Waals surface area contributed by atoms with Gasteiger partial charge in [0, 0.05) is 19.8 Å². The quantitative estimate of drug-likeness (QED) is 0.826. The minimum absolute atomic E-state index is 0.261. The molecular weight excluding hydrogens is 282 g/mol. The average molecular weight is 305 g/mol. The van der Waals surface area contributed by atoms with Gasteiger partial charge in [-0.15, -0.1) is 0 Å². The summed E-state index contributed by atoms with van der Waals surface area (Å²) in [7, 11) is 0. The number of ether oxygens (including phenoxy) is 1. The maximum Gasteiger partial charge on any atom is 0.332 e. The van der Waals surface area contributed by atoms with E-state index in [1.54, 1.807) is 20.8 Å². The first-order valence-corrected chi connectivity index (χ1v) is 7.48. The Bertz CT molecular complexity index is 603. The van der Waals surface area contributed by atoms with Crippen LogP contribution < -0.4 is 5.32 Å². The number of aliphatic hydroxyl groups is 1. The minimum atomic E-state index is -1.04. The van der Waals surface area contributed by atoms with Crippen LogP contribution in [0.1, 0.15) is 44.4 Å². The lowest BCUT2D eigenvalue weighted by molar-refractivity contribution is -0.152. The fourth-order valence-corrected chi connectivity index (χ4v) is 2.95. The third-order valence-electron chi connectivity index (χ3n) is 3.98. The van der Waals surface area contributed by atoms with E-state index in [0.29, 0.717) is 12.8 Å². The van der Waals surface area contributed by atoms with Crippen molar-refractivity contribution in [3.63, 3.8) is 0 Å². The maximum atomic E-state index is 12.4. The number of esters is 1. The molecule has 1 unspecified atom stereocenters. The molecule has 0 bridgehead atoms. The van der Waals surface area contributed by atoms with Gasteiger partial charge in [0.2, 0.25) is 5.91 Å². The van der Waals surface area contributed by atoms with Crippen LogP contribution >= 0.6 is 0 Å². The molecule has 120 valence electrons. The number of amides is 1. The first kappa shape index (κ1) is 16.5. The van der Waals surface area contributed by atoms with Crippen molar-refractivity contribution in [3.05, 3.63) is 34.9 Å². The summed E-state index contributed by atoms with van der Waals surface area (Å²) in [5, 5.41) is 12.9. The van der Waals surface area contributed by atoms with Gasteiger partial charge in [-0.05, 0) is 37.5 Å². The van der Waals surface area contributed by atoms with Crippen LogP contribution in [0.15, 0.2) is 18.2 Å². The molecule has 1 aromatic rings. The Morgan fingerprint density at radius 1 is 1.32 bits per heavy atom. The first-order valence-electron chi connectivity index (χ1n) is 7.48. The second-order valence-electron chi connectivity index (χ2n) is 6.38. The zero-order valence-electron chi connectivity index (χ0n) is 13.5. The van der Waals surface area contributed by atoms with Crippen LogP contribution in [-0.2, 0) is 32.8 Å². The van der Waals surface area contributed by atoms with Crippen molar-refractivity contribution in [2.24, 2.45) is 0 Å². The summed E-state index contributed by atoms with van der Waals surface area (Å²) in [6.07, 6.45) is 0.789. The smallest absolute Gasteiger partial charge is 0.332 e. The third kappa shape index (κ3) is 3.14. The molecule has 1 atom stereocenters. The van der Waals surface area contributed by atoms with Gasteiger partial charge in [0.05, 0.1) is 12.2 Å². The Morgan fingerprint density at radius 2 is 1.95 bits per heavy atom. The standard InChI is InChI=1S/C17H23NO4/c1-5-22-15(20)17(18-11(2)19)9-12-6-7-14(16(3,4)21)8-13(12)10-17/h6-8,21H,5,9-10H2,1-4H3,(H,18,19). The number of benzene rings is 1. The van der Waals surface area contributed by atoms with Crippen LogP contribution in [0.3, 0.4) is 0 Å². The van der Waals surface area contributed by atoms with Gasteiger partial charge in [-0.25, -0.2) is 4.79 Å². The molecule has 2 N–H and O–H groups in total. The lowest BCUT2D eigenvalue weighted by atomic mass is 9.94. The first-order chi connectivity index (χ1) is 10.2. The second kappa shape index (κ2) is 5.72. The summed E-state index contributed by atoms with van der Waals surface area (Å²) >= 11 is 0. The lowest BCUT2D eigenvalue weighted by Gasteiger charge is -2.27. The largest absolute Gasteiger partial charge is 0.464 e. The molecule has 0 spiro atoms. The number of hydrogen-bond donors (Lipinski definition) is 2. The molecule has 0 fully saturated rings. The van der Waals surface area contributed by atoms with Crippen molar-refractivity contribution < 1.29 is 19.4 Å². The molecule has 2 rings (SSSR count). The van der Waals surface area contributed by atoms with Gasteiger partial charge in [-0.1, -0.05) is 18.2 Å². The molecule has 0 aromatic heterocycles. The van der Waals surface area contributed by atoms with E-state index in [4.69, 9.17) is 4.74 Å². The Hall–Kier alpha value is -1.88. The summed E-state index contributed by atoms with van der Waals surface area (Å²) in [6, 6.07) is 5.66. The molecule has 1 aromatic carbocycles. The molecule has 5 heteroatoms. The second-order valence-corrected chi connectivity index (χ2v) is 6.38. The normalized spacial score (nSPS) is 20.4. The maximum absolute atomic E-state index is 12.4. The van der Waals surface area contributed by atoms with Gasteiger partial charge in [-0.2, -0.15) is 0 Å². The van der Waals surface area contributed by atoms with Gasteiger partial charge in [0.1, 0.15) is 5.54 Å². The highest BCUT2D eigenvalue weighted by Gasteiger charge is 2.46. The number of hydrogen-bond acceptors (Lipinski definition) is 4. The van der Waals surface area contributed by atoms with E-state index in [1.165, 1.54) is 6.92 Å². The summed E-state index contributed by atoms with van der Waals surface area (Å²) in [4.78, 5) is 23.9. The molecule has 0 heterocycles. The van der Waals surface area contributed by atoms with Crippen LogP contribution in [0.2, 0.25) is 0 Å². The van der Waals surface area contributed by atoms with E-state index in [2.05, 4.69) is 5.32 Å². The van der Waals surface area contributed by atoms with Crippen LogP contribution in [0.5, 0.6) is 0 Å². The third-order valence-corrected chi connectivity index (χ3v) is 3.98. The number of nitrogens with one attached hydrogen (secondary N) is 1.